The van der Waals surface area contributed by atoms with Gasteiger partial charge in [-0.1, -0.05) is 13.0 Å². The van der Waals surface area contributed by atoms with Crippen molar-refractivity contribution in [1.82, 2.24) is 14.5 Å². The van der Waals surface area contributed by atoms with Crippen molar-refractivity contribution in [3.05, 3.63) is 34.2 Å². The van der Waals surface area contributed by atoms with Crippen LogP contribution in [0.2, 0.25) is 0 Å². The van der Waals surface area contributed by atoms with Crippen molar-refractivity contribution in [2.45, 2.75) is 32.9 Å². The van der Waals surface area contributed by atoms with Gasteiger partial charge < -0.3 is 9.88 Å². The lowest BCUT2D eigenvalue weighted by Gasteiger charge is -2.27. The van der Waals surface area contributed by atoms with Crippen LogP contribution in [0.5, 0.6) is 0 Å². The van der Waals surface area contributed by atoms with Gasteiger partial charge in [-0.3, -0.25) is 9.36 Å². The number of hydrogen-bond acceptors (Lipinski definition) is 2. The highest BCUT2D eigenvalue weighted by atomic mass is 16.2. The van der Waals surface area contributed by atoms with E-state index >= 15 is 0 Å². The maximum atomic E-state index is 12.6. The number of imidazole rings is 1. The van der Waals surface area contributed by atoms with Crippen molar-refractivity contribution in [2.24, 2.45) is 0 Å². The average molecular weight is 259 g/mol. The quantitative estimate of drug-likeness (QED) is 0.890. The minimum absolute atomic E-state index is 0.0187. The second-order valence-electron chi connectivity index (χ2n) is 5.09. The first-order valence-electron chi connectivity index (χ1n) is 6.66. The standard InChI is InChI=1S/C14H17N3O2/c1-3-7-16-9(2)8-17-12-10(13(16)18)5-4-6-11(12)15-14(17)19/h4-6,9H,3,7-8H2,1-2H3,(H,15,19). The average Bonchev–Trinajstić information content (AvgIpc) is 2.65. The van der Waals surface area contributed by atoms with Crippen LogP contribution in [-0.4, -0.2) is 32.9 Å². The Morgan fingerprint density at radius 3 is 2.89 bits per heavy atom. The zero-order valence-corrected chi connectivity index (χ0v) is 11.1. The maximum Gasteiger partial charge on any atom is 0.326 e. The van der Waals surface area contributed by atoms with Crippen molar-refractivity contribution >= 4 is 16.9 Å². The number of nitrogens with one attached hydrogen (secondary N) is 1. The molecule has 0 saturated carbocycles. The molecule has 1 atom stereocenters. The highest BCUT2D eigenvalue weighted by molar-refractivity contribution is 6.05. The van der Waals surface area contributed by atoms with E-state index in [2.05, 4.69) is 11.9 Å². The van der Waals surface area contributed by atoms with Crippen LogP contribution in [0.15, 0.2) is 23.0 Å². The number of para-hydroxylation sites is 1. The molecule has 5 nitrogen and oxygen atoms in total. The molecule has 1 unspecified atom stereocenters. The van der Waals surface area contributed by atoms with Gasteiger partial charge in [0.1, 0.15) is 0 Å². The van der Waals surface area contributed by atoms with Gasteiger partial charge in [0.25, 0.3) is 5.91 Å². The van der Waals surface area contributed by atoms with Crippen molar-refractivity contribution in [1.29, 1.82) is 0 Å². The molecule has 0 bridgehead atoms. The molecule has 0 aliphatic carbocycles. The van der Waals surface area contributed by atoms with Gasteiger partial charge in [-0.05, 0) is 25.5 Å². The second kappa shape index (κ2) is 4.26. The Hall–Kier alpha value is -2.04. The van der Waals surface area contributed by atoms with Crippen LogP contribution in [0.4, 0.5) is 0 Å². The summed E-state index contributed by atoms with van der Waals surface area (Å²) in [6.45, 7) is 5.31. The molecule has 1 amide bonds. The molecule has 100 valence electrons. The number of rotatable bonds is 2. The first kappa shape index (κ1) is 12.0. The number of amides is 1. The lowest BCUT2D eigenvalue weighted by atomic mass is 10.1. The third-order valence-corrected chi connectivity index (χ3v) is 3.73. The van der Waals surface area contributed by atoms with Gasteiger partial charge in [-0.25, -0.2) is 4.79 Å². The van der Waals surface area contributed by atoms with E-state index < -0.39 is 0 Å². The van der Waals surface area contributed by atoms with Crippen molar-refractivity contribution < 1.29 is 4.79 Å². The Bertz CT molecular complexity index is 698. The van der Waals surface area contributed by atoms with Crippen LogP contribution >= 0.6 is 0 Å². The van der Waals surface area contributed by atoms with Crippen LogP contribution in [0.25, 0.3) is 11.0 Å². The number of benzene rings is 1. The minimum Gasteiger partial charge on any atom is -0.334 e. The molecule has 19 heavy (non-hydrogen) atoms. The summed E-state index contributed by atoms with van der Waals surface area (Å²) in [5.74, 6) is 0.0187. The number of aromatic amines is 1. The fourth-order valence-corrected chi connectivity index (χ4v) is 2.85. The third kappa shape index (κ3) is 1.69. The highest BCUT2D eigenvalue weighted by Crippen LogP contribution is 2.23. The molecule has 1 aliphatic heterocycles. The lowest BCUT2D eigenvalue weighted by molar-refractivity contribution is 0.0688. The number of hydrogen-bond donors (Lipinski definition) is 1. The molecule has 0 radical (unpaired) electrons. The van der Waals surface area contributed by atoms with E-state index in [4.69, 9.17) is 0 Å². The maximum absolute atomic E-state index is 12.6. The predicted octanol–water partition coefficient (Wildman–Crippen LogP) is 1.58. The summed E-state index contributed by atoms with van der Waals surface area (Å²) in [4.78, 5) is 29.3. The van der Waals surface area contributed by atoms with Gasteiger partial charge in [0.2, 0.25) is 0 Å². The second-order valence-corrected chi connectivity index (χ2v) is 5.09. The Morgan fingerprint density at radius 2 is 2.16 bits per heavy atom. The number of carbonyl (C=O) groups is 1. The van der Waals surface area contributed by atoms with E-state index in [-0.39, 0.29) is 17.6 Å². The number of H-pyrrole nitrogens is 1. The molecular formula is C14H17N3O2. The summed E-state index contributed by atoms with van der Waals surface area (Å²) in [7, 11) is 0. The van der Waals surface area contributed by atoms with Crippen LogP contribution in [0.1, 0.15) is 30.6 Å². The fourth-order valence-electron chi connectivity index (χ4n) is 2.85. The van der Waals surface area contributed by atoms with E-state index in [1.807, 2.05) is 24.0 Å². The molecule has 0 fully saturated rings. The SMILES string of the molecule is CCCN1C(=O)c2cccc3[nH]c(=O)n(c23)CC1C. The topological polar surface area (TPSA) is 58.1 Å². The first-order chi connectivity index (χ1) is 9.13. The minimum atomic E-state index is -0.138. The molecule has 0 spiro atoms. The monoisotopic (exact) mass is 259 g/mol. The van der Waals surface area contributed by atoms with Crippen LogP contribution in [0, 0.1) is 0 Å². The molecule has 0 saturated heterocycles. The molecule has 1 aromatic heterocycles. The van der Waals surface area contributed by atoms with Gasteiger partial charge >= 0.3 is 5.69 Å². The van der Waals surface area contributed by atoms with E-state index in [0.29, 0.717) is 12.1 Å². The number of carbonyl (C=O) groups excluding carboxylic acids is 1. The molecule has 2 aromatic rings. The Balaban J connectivity index is 2.27. The van der Waals surface area contributed by atoms with Crippen LogP contribution < -0.4 is 5.69 Å². The van der Waals surface area contributed by atoms with Gasteiger partial charge in [0.05, 0.1) is 16.6 Å². The Morgan fingerprint density at radius 1 is 1.37 bits per heavy atom. The summed E-state index contributed by atoms with van der Waals surface area (Å²) in [6, 6.07) is 5.48. The largest absolute Gasteiger partial charge is 0.334 e. The number of aromatic nitrogens is 2. The fraction of sp³-hybridized carbons (Fsp3) is 0.429. The van der Waals surface area contributed by atoms with Crippen LogP contribution in [-0.2, 0) is 6.54 Å². The normalized spacial score (nSPS) is 18.9. The summed E-state index contributed by atoms with van der Waals surface area (Å²) in [6.07, 6.45) is 0.914. The van der Waals surface area contributed by atoms with E-state index in [1.165, 1.54) is 0 Å². The first-order valence-corrected chi connectivity index (χ1v) is 6.66. The number of nitrogens with zero attached hydrogens (tertiary/aromatic N) is 2. The van der Waals surface area contributed by atoms with E-state index in [0.717, 1.165) is 24.0 Å². The molecule has 5 heteroatoms. The van der Waals surface area contributed by atoms with E-state index in [9.17, 15) is 9.59 Å². The molecule has 2 heterocycles. The summed E-state index contributed by atoms with van der Waals surface area (Å²) in [5, 5.41) is 0. The molecule has 1 aliphatic rings. The highest BCUT2D eigenvalue weighted by Gasteiger charge is 2.28. The molecular weight excluding hydrogens is 242 g/mol. The smallest absolute Gasteiger partial charge is 0.326 e. The molecule has 1 N–H and O–H groups in total. The van der Waals surface area contributed by atoms with Gasteiger partial charge in [0.15, 0.2) is 0 Å². The Kier molecular flexibility index (Phi) is 2.69. The third-order valence-electron chi connectivity index (χ3n) is 3.73. The predicted molar refractivity (Wildman–Crippen MR) is 73.3 cm³/mol. The van der Waals surface area contributed by atoms with Gasteiger partial charge in [-0.15, -0.1) is 0 Å². The van der Waals surface area contributed by atoms with Crippen molar-refractivity contribution in [2.75, 3.05) is 6.54 Å². The molecule has 3 rings (SSSR count). The summed E-state index contributed by atoms with van der Waals surface area (Å²) in [5.41, 5.74) is 1.96. The zero-order chi connectivity index (χ0) is 13.6. The van der Waals surface area contributed by atoms with Crippen molar-refractivity contribution in [3.63, 3.8) is 0 Å². The Labute approximate surface area is 110 Å². The van der Waals surface area contributed by atoms with Crippen LogP contribution in [0.3, 0.4) is 0 Å². The zero-order valence-electron chi connectivity index (χ0n) is 11.1. The summed E-state index contributed by atoms with van der Waals surface area (Å²) >= 11 is 0. The van der Waals surface area contributed by atoms with Gasteiger partial charge in [-0.2, -0.15) is 0 Å². The van der Waals surface area contributed by atoms with Crippen molar-refractivity contribution in [3.8, 4) is 0 Å². The molecule has 1 aromatic carbocycles. The lowest BCUT2D eigenvalue weighted by Crippen LogP contribution is -2.40. The summed E-state index contributed by atoms with van der Waals surface area (Å²) < 4.78 is 1.68. The van der Waals surface area contributed by atoms with E-state index in [1.54, 1.807) is 10.6 Å². The van der Waals surface area contributed by atoms with Gasteiger partial charge in [0, 0.05) is 19.1 Å².